The Hall–Kier alpha value is -0.730. The number of rotatable bonds is 0. The fraction of sp³-hybridized carbons (Fsp3) is 1.00. The lowest BCUT2D eigenvalue weighted by atomic mass is 10.6. The van der Waals surface area contributed by atoms with Crippen LogP contribution in [0, 0.1) is 0 Å². The van der Waals surface area contributed by atoms with Crippen LogP contribution in [0.5, 0.6) is 0 Å². The minimum atomic E-state index is 0.583. The van der Waals surface area contributed by atoms with Crippen molar-refractivity contribution in [2.45, 2.75) is 13.0 Å². The maximum Gasteiger partial charge on any atom is 0.0781 e. The summed E-state index contributed by atoms with van der Waals surface area (Å²) in [7, 11) is 0. The Morgan fingerprint density at radius 1 is 1.71 bits per heavy atom. The Morgan fingerprint density at radius 2 is 1.86 bits per heavy atom. The molecule has 0 N–H and O–H groups in total. The molecule has 7 heavy (non-hydrogen) atoms. The smallest absolute Gasteiger partial charge is 0.0781 e. The van der Waals surface area contributed by atoms with Crippen molar-refractivity contribution in [1.29, 1.82) is 0 Å². The first-order chi connectivity index (χ1) is 3.31. The Kier molecular flexibility index (Phi) is 3.10. The molecule has 4 nitrogen and oxygen atoms in total. The minimum absolute atomic E-state index is 0.583. The van der Waals surface area contributed by atoms with E-state index in [1.54, 1.807) is 0 Å². The van der Waals surface area contributed by atoms with Crippen molar-refractivity contribution in [1.82, 2.24) is 0 Å². The van der Waals surface area contributed by atoms with Crippen molar-refractivity contribution in [3.05, 3.63) is 16.0 Å². The van der Waals surface area contributed by atoms with Gasteiger partial charge in [0, 0.05) is 0 Å². The lowest BCUT2D eigenvalue weighted by Gasteiger charge is -1.50. The molecular formula is C3H6N3O-. The van der Waals surface area contributed by atoms with Gasteiger partial charge in [0.1, 0.15) is 0 Å². The number of hydrogen-bond acceptors (Lipinski definition) is 1. The SMILES string of the molecule is CC1CO1.[N-]=[N+]=[N-]. The maximum atomic E-state index is 6.75. The summed E-state index contributed by atoms with van der Waals surface area (Å²) >= 11 is 0. The first-order valence-electron chi connectivity index (χ1n) is 1.91. The Balaban J connectivity index is 0.000000110. The highest BCUT2D eigenvalue weighted by atomic mass is 16.6. The molecule has 1 heterocycles. The van der Waals surface area contributed by atoms with Gasteiger partial charge in [-0.3, -0.25) is 4.91 Å². The van der Waals surface area contributed by atoms with Gasteiger partial charge < -0.3 is 15.8 Å². The van der Waals surface area contributed by atoms with Crippen LogP contribution >= 0.6 is 0 Å². The summed E-state index contributed by atoms with van der Waals surface area (Å²) in [4.78, 5) is 1.50. The average molecular weight is 100 g/mol. The molecule has 1 fully saturated rings. The number of ether oxygens (including phenoxy) is 1. The van der Waals surface area contributed by atoms with Gasteiger partial charge >= 0.3 is 0 Å². The van der Waals surface area contributed by atoms with E-state index in [1.807, 2.05) is 0 Å². The quantitative estimate of drug-likeness (QED) is 0.195. The molecule has 1 atom stereocenters. The molecule has 0 aromatic heterocycles. The molecule has 0 aromatic carbocycles. The zero-order chi connectivity index (χ0) is 5.70. The summed E-state index contributed by atoms with van der Waals surface area (Å²) in [5.41, 5.74) is 13.5. The first kappa shape index (κ1) is 6.27. The largest absolute Gasteiger partial charge is 0.373 e. The number of nitrogens with zero attached hydrogens (tertiary/aromatic N) is 3. The predicted molar refractivity (Wildman–Crippen MR) is 25.5 cm³/mol. The van der Waals surface area contributed by atoms with Crippen LogP contribution in [-0.2, 0) is 4.74 Å². The highest BCUT2D eigenvalue weighted by Crippen LogP contribution is 2.04. The molecule has 4 heteroatoms. The van der Waals surface area contributed by atoms with Crippen LogP contribution in [0.1, 0.15) is 6.92 Å². The van der Waals surface area contributed by atoms with Crippen molar-refractivity contribution in [3.63, 3.8) is 0 Å². The second-order valence-electron chi connectivity index (χ2n) is 1.23. The molecule has 0 spiro atoms. The standard InChI is InChI=1S/C3H6O.N3/c1-3-2-4-3;1-3-2/h3H,2H2,1H3;/q;-1. The highest BCUT2D eigenvalue weighted by molar-refractivity contribution is 4.58. The second kappa shape index (κ2) is 3.46. The molecule has 0 amide bonds. The second-order valence-corrected chi connectivity index (χ2v) is 1.23. The molecule has 0 saturated carbocycles. The van der Waals surface area contributed by atoms with Gasteiger partial charge in [-0.1, -0.05) is 0 Å². The summed E-state index contributed by atoms with van der Waals surface area (Å²) in [6, 6.07) is 0. The third-order valence-electron chi connectivity index (χ3n) is 0.500. The van der Waals surface area contributed by atoms with Gasteiger partial charge in [-0.2, -0.15) is 0 Å². The van der Waals surface area contributed by atoms with Gasteiger partial charge in [-0.05, 0) is 6.92 Å². The van der Waals surface area contributed by atoms with Gasteiger partial charge in [0.25, 0.3) is 0 Å². The van der Waals surface area contributed by atoms with Crippen LogP contribution in [0.25, 0.3) is 16.0 Å². The molecular weight excluding hydrogens is 94.1 g/mol. The predicted octanol–water partition coefficient (Wildman–Crippen LogP) is 1.27. The van der Waals surface area contributed by atoms with Crippen molar-refractivity contribution in [3.8, 4) is 0 Å². The molecule has 0 aromatic rings. The van der Waals surface area contributed by atoms with E-state index < -0.39 is 0 Å². The molecule has 0 aliphatic carbocycles. The molecule has 1 unspecified atom stereocenters. The van der Waals surface area contributed by atoms with Crippen LogP contribution < -0.4 is 0 Å². The van der Waals surface area contributed by atoms with Crippen LogP contribution in [0.2, 0.25) is 0 Å². The first-order valence-corrected chi connectivity index (χ1v) is 1.91. The average Bonchev–Trinajstić information content (AvgIpc) is 2.25. The highest BCUT2D eigenvalue weighted by Gasteiger charge is 2.13. The lowest BCUT2D eigenvalue weighted by molar-refractivity contribution is 0.423. The number of epoxide rings is 1. The third-order valence-corrected chi connectivity index (χ3v) is 0.500. The van der Waals surface area contributed by atoms with E-state index in [2.05, 4.69) is 6.92 Å². The monoisotopic (exact) mass is 100 g/mol. The van der Waals surface area contributed by atoms with Crippen LogP contribution in [0.4, 0.5) is 0 Å². The fourth-order valence-corrected chi connectivity index (χ4v) is 0.0962. The van der Waals surface area contributed by atoms with Gasteiger partial charge in [-0.15, -0.1) is 0 Å². The van der Waals surface area contributed by atoms with Gasteiger partial charge in [0.15, 0.2) is 0 Å². The van der Waals surface area contributed by atoms with Gasteiger partial charge in [-0.25, -0.2) is 0 Å². The minimum Gasteiger partial charge on any atom is -0.373 e. The number of hydrogen-bond donors (Lipinski definition) is 0. The zero-order valence-electron chi connectivity index (χ0n) is 4.03. The molecule has 40 valence electrons. The molecule has 0 radical (unpaired) electrons. The van der Waals surface area contributed by atoms with E-state index in [9.17, 15) is 0 Å². The van der Waals surface area contributed by atoms with Crippen LogP contribution in [-0.4, -0.2) is 12.7 Å². The molecule has 1 rings (SSSR count). The van der Waals surface area contributed by atoms with E-state index in [4.69, 9.17) is 15.8 Å². The lowest BCUT2D eigenvalue weighted by Crippen LogP contribution is -1.60. The van der Waals surface area contributed by atoms with Crippen molar-refractivity contribution in [2.75, 3.05) is 6.61 Å². The normalized spacial score (nSPS) is 23.9. The fourth-order valence-electron chi connectivity index (χ4n) is 0.0962. The Labute approximate surface area is 41.5 Å². The van der Waals surface area contributed by atoms with Gasteiger partial charge in [0.05, 0.1) is 12.7 Å². The van der Waals surface area contributed by atoms with Gasteiger partial charge in [0.2, 0.25) is 0 Å². The molecule has 1 aliphatic rings. The zero-order valence-corrected chi connectivity index (χ0v) is 4.03. The molecule has 1 saturated heterocycles. The van der Waals surface area contributed by atoms with Crippen molar-refractivity contribution >= 4 is 0 Å². The van der Waals surface area contributed by atoms with Crippen LogP contribution in [0.3, 0.4) is 0 Å². The molecule has 1 aliphatic heterocycles. The maximum absolute atomic E-state index is 6.75. The topological polar surface area (TPSA) is 71.2 Å². The Bertz CT molecular complexity index is 72.2. The summed E-state index contributed by atoms with van der Waals surface area (Å²) in [6.07, 6.45) is 0.583. The van der Waals surface area contributed by atoms with Crippen molar-refractivity contribution in [2.24, 2.45) is 0 Å². The van der Waals surface area contributed by atoms with E-state index in [1.165, 1.54) is 4.91 Å². The summed E-state index contributed by atoms with van der Waals surface area (Å²) < 4.78 is 4.71. The van der Waals surface area contributed by atoms with E-state index in [0.717, 1.165) is 6.61 Å². The third kappa shape index (κ3) is 10.9. The van der Waals surface area contributed by atoms with E-state index >= 15 is 0 Å². The summed E-state index contributed by atoms with van der Waals surface area (Å²) in [5, 5.41) is 0. The Morgan fingerprint density at radius 3 is 1.86 bits per heavy atom. The van der Waals surface area contributed by atoms with E-state index in [0.29, 0.717) is 6.10 Å². The van der Waals surface area contributed by atoms with Crippen molar-refractivity contribution < 1.29 is 4.74 Å². The van der Waals surface area contributed by atoms with E-state index in [-0.39, 0.29) is 0 Å². The summed E-state index contributed by atoms with van der Waals surface area (Å²) in [5.74, 6) is 0. The summed E-state index contributed by atoms with van der Waals surface area (Å²) in [6.45, 7) is 3.04. The van der Waals surface area contributed by atoms with Crippen LogP contribution in [0.15, 0.2) is 0 Å². The molecule has 0 bridgehead atoms.